The van der Waals surface area contributed by atoms with E-state index >= 15 is 0 Å². The first kappa shape index (κ1) is 14.5. The summed E-state index contributed by atoms with van der Waals surface area (Å²) in [5.74, 6) is 1.94. The summed E-state index contributed by atoms with van der Waals surface area (Å²) < 4.78 is 10.7. The molecule has 0 saturated heterocycles. The molecule has 2 N–H and O–H groups in total. The lowest BCUT2D eigenvalue weighted by atomic mass is 9.99. The number of ether oxygens (including phenoxy) is 1. The fraction of sp³-hybridized carbons (Fsp3) is 0.467. The van der Waals surface area contributed by atoms with Crippen LogP contribution in [0.4, 0.5) is 0 Å². The molecule has 0 aliphatic carbocycles. The number of hydrogen-bond acceptors (Lipinski definition) is 5. The highest BCUT2D eigenvalue weighted by molar-refractivity contribution is 5.64. The lowest BCUT2D eigenvalue weighted by molar-refractivity contribution is 0.334. The Bertz CT molecular complexity index is 578. The number of methoxy groups -OCH3 is 1. The van der Waals surface area contributed by atoms with Gasteiger partial charge in [0.15, 0.2) is 0 Å². The van der Waals surface area contributed by atoms with E-state index in [1.54, 1.807) is 7.11 Å². The van der Waals surface area contributed by atoms with Crippen molar-refractivity contribution in [1.82, 2.24) is 10.1 Å². The van der Waals surface area contributed by atoms with Gasteiger partial charge in [-0.1, -0.05) is 18.1 Å². The lowest BCUT2D eigenvalue weighted by Crippen LogP contribution is -2.24. The van der Waals surface area contributed by atoms with Crippen LogP contribution >= 0.6 is 0 Å². The Balaban J connectivity index is 2.38. The number of benzene rings is 1. The van der Waals surface area contributed by atoms with Crippen molar-refractivity contribution < 1.29 is 9.26 Å². The van der Waals surface area contributed by atoms with Crippen LogP contribution in [0.1, 0.15) is 37.6 Å². The third kappa shape index (κ3) is 2.82. The molecule has 0 aliphatic heterocycles. The maximum Gasteiger partial charge on any atom is 0.231 e. The maximum absolute atomic E-state index is 5.95. The molecular weight excluding hydrogens is 254 g/mol. The second-order valence-corrected chi connectivity index (χ2v) is 5.03. The van der Waals surface area contributed by atoms with Gasteiger partial charge in [0.2, 0.25) is 11.7 Å². The van der Waals surface area contributed by atoms with Crippen molar-refractivity contribution in [1.29, 1.82) is 0 Å². The molecule has 0 fully saturated rings. The summed E-state index contributed by atoms with van der Waals surface area (Å²) in [5, 5.41) is 4.05. The highest BCUT2D eigenvalue weighted by atomic mass is 16.5. The van der Waals surface area contributed by atoms with Crippen molar-refractivity contribution in [2.45, 2.75) is 39.2 Å². The fourth-order valence-corrected chi connectivity index (χ4v) is 2.25. The van der Waals surface area contributed by atoms with Crippen LogP contribution in [-0.4, -0.2) is 23.3 Å². The number of hydrogen-bond donors (Lipinski definition) is 1. The smallest absolute Gasteiger partial charge is 0.231 e. The standard InChI is InChI=1S/C15H21N3O2/c1-5-11(10(3)16)15-17-14(18-20-15)12-7-6-9(2)8-13(12)19-4/h6-8,10-11H,5,16H2,1-4H3. The van der Waals surface area contributed by atoms with E-state index in [9.17, 15) is 0 Å². The molecule has 0 amide bonds. The van der Waals surface area contributed by atoms with Gasteiger partial charge in [-0.3, -0.25) is 0 Å². The van der Waals surface area contributed by atoms with E-state index in [1.807, 2.05) is 32.0 Å². The van der Waals surface area contributed by atoms with Crippen LogP contribution in [0.5, 0.6) is 5.75 Å². The van der Waals surface area contributed by atoms with Crippen LogP contribution in [0.15, 0.2) is 22.7 Å². The van der Waals surface area contributed by atoms with Crippen molar-refractivity contribution in [2.24, 2.45) is 5.73 Å². The third-order valence-electron chi connectivity index (χ3n) is 3.43. The molecule has 2 atom stereocenters. The third-order valence-corrected chi connectivity index (χ3v) is 3.43. The van der Waals surface area contributed by atoms with Crippen molar-refractivity contribution >= 4 is 0 Å². The minimum Gasteiger partial charge on any atom is -0.496 e. The maximum atomic E-state index is 5.95. The predicted octanol–water partition coefficient (Wildman–Crippen LogP) is 2.89. The molecule has 0 bridgehead atoms. The molecule has 1 heterocycles. The molecule has 0 aliphatic rings. The molecule has 1 aromatic heterocycles. The van der Waals surface area contributed by atoms with Crippen molar-refractivity contribution in [3.8, 4) is 17.1 Å². The van der Waals surface area contributed by atoms with Crippen LogP contribution in [0.3, 0.4) is 0 Å². The average Bonchev–Trinajstić information content (AvgIpc) is 2.88. The normalized spacial score (nSPS) is 14.1. The van der Waals surface area contributed by atoms with E-state index in [-0.39, 0.29) is 12.0 Å². The summed E-state index contributed by atoms with van der Waals surface area (Å²) in [7, 11) is 1.63. The molecule has 2 unspecified atom stereocenters. The Labute approximate surface area is 119 Å². The van der Waals surface area contributed by atoms with Gasteiger partial charge < -0.3 is 15.0 Å². The van der Waals surface area contributed by atoms with Gasteiger partial charge in [-0.25, -0.2) is 0 Å². The van der Waals surface area contributed by atoms with Gasteiger partial charge in [-0.15, -0.1) is 0 Å². The fourth-order valence-electron chi connectivity index (χ4n) is 2.25. The summed E-state index contributed by atoms with van der Waals surface area (Å²) in [6.07, 6.45) is 0.865. The molecular formula is C15H21N3O2. The zero-order valence-electron chi connectivity index (χ0n) is 12.4. The van der Waals surface area contributed by atoms with E-state index < -0.39 is 0 Å². The van der Waals surface area contributed by atoms with E-state index in [0.29, 0.717) is 11.7 Å². The molecule has 2 aromatic rings. The molecule has 2 rings (SSSR count). The predicted molar refractivity (Wildman–Crippen MR) is 77.7 cm³/mol. The van der Waals surface area contributed by atoms with E-state index in [2.05, 4.69) is 17.1 Å². The molecule has 1 aromatic carbocycles. The Morgan fingerprint density at radius 1 is 1.40 bits per heavy atom. The Morgan fingerprint density at radius 3 is 2.75 bits per heavy atom. The van der Waals surface area contributed by atoms with Gasteiger partial charge in [-0.2, -0.15) is 4.98 Å². The van der Waals surface area contributed by atoms with Crippen LogP contribution in [-0.2, 0) is 0 Å². The van der Waals surface area contributed by atoms with Crippen LogP contribution in [0, 0.1) is 6.92 Å². The van der Waals surface area contributed by atoms with Crippen molar-refractivity contribution in [3.63, 3.8) is 0 Å². The summed E-state index contributed by atoms with van der Waals surface area (Å²) in [6.45, 7) is 6.02. The molecule has 0 saturated carbocycles. The molecule has 108 valence electrons. The quantitative estimate of drug-likeness (QED) is 0.908. The van der Waals surface area contributed by atoms with Gasteiger partial charge in [0.05, 0.1) is 18.6 Å². The van der Waals surface area contributed by atoms with Crippen LogP contribution in [0.25, 0.3) is 11.4 Å². The molecule has 5 heteroatoms. The zero-order chi connectivity index (χ0) is 14.7. The molecule has 0 radical (unpaired) electrons. The highest BCUT2D eigenvalue weighted by Gasteiger charge is 2.22. The lowest BCUT2D eigenvalue weighted by Gasteiger charge is -2.13. The minimum atomic E-state index is -0.0202. The average molecular weight is 275 g/mol. The van der Waals surface area contributed by atoms with Crippen LogP contribution < -0.4 is 10.5 Å². The minimum absolute atomic E-state index is 0.0202. The Hall–Kier alpha value is -1.88. The van der Waals surface area contributed by atoms with E-state index in [1.165, 1.54) is 0 Å². The Morgan fingerprint density at radius 2 is 2.15 bits per heavy atom. The van der Waals surface area contributed by atoms with Gasteiger partial charge in [0, 0.05) is 6.04 Å². The first-order valence-corrected chi connectivity index (χ1v) is 6.81. The molecule has 20 heavy (non-hydrogen) atoms. The second-order valence-electron chi connectivity index (χ2n) is 5.03. The zero-order valence-corrected chi connectivity index (χ0v) is 12.4. The van der Waals surface area contributed by atoms with Gasteiger partial charge in [-0.05, 0) is 38.0 Å². The first-order chi connectivity index (χ1) is 9.56. The topological polar surface area (TPSA) is 74.2 Å². The summed E-state index contributed by atoms with van der Waals surface area (Å²) in [6, 6.07) is 5.87. The summed E-state index contributed by atoms with van der Waals surface area (Å²) in [5.41, 5.74) is 7.90. The summed E-state index contributed by atoms with van der Waals surface area (Å²) >= 11 is 0. The van der Waals surface area contributed by atoms with Crippen LogP contribution in [0.2, 0.25) is 0 Å². The largest absolute Gasteiger partial charge is 0.496 e. The van der Waals surface area contributed by atoms with E-state index in [4.69, 9.17) is 15.0 Å². The first-order valence-electron chi connectivity index (χ1n) is 6.81. The van der Waals surface area contributed by atoms with Gasteiger partial charge in [0.25, 0.3) is 0 Å². The second kappa shape index (κ2) is 6.05. The number of rotatable bonds is 5. The highest BCUT2D eigenvalue weighted by Crippen LogP contribution is 2.30. The molecule has 0 spiro atoms. The Kier molecular flexibility index (Phi) is 4.39. The number of nitrogens with zero attached hydrogens (tertiary/aromatic N) is 2. The SMILES string of the molecule is CCC(c1nc(-c2ccc(C)cc2OC)no1)C(C)N. The van der Waals surface area contributed by atoms with Gasteiger partial charge in [0.1, 0.15) is 5.75 Å². The van der Waals surface area contributed by atoms with Crippen molar-refractivity contribution in [3.05, 3.63) is 29.7 Å². The number of aryl methyl sites for hydroxylation is 1. The monoisotopic (exact) mass is 275 g/mol. The summed E-state index contributed by atoms with van der Waals surface area (Å²) in [4.78, 5) is 4.47. The molecule has 5 nitrogen and oxygen atoms in total. The number of aromatic nitrogens is 2. The van der Waals surface area contributed by atoms with Gasteiger partial charge >= 0.3 is 0 Å². The number of nitrogens with two attached hydrogens (primary N) is 1. The van der Waals surface area contributed by atoms with E-state index in [0.717, 1.165) is 23.3 Å². The van der Waals surface area contributed by atoms with Crippen molar-refractivity contribution in [2.75, 3.05) is 7.11 Å².